The van der Waals surface area contributed by atoms with E-state index in [9.17, 15) is 4.79 Å². The summed E-state index contributed by atoms with van der Waals surface area (Å²) >= 11 is 3.38. The van der Waals surface area contributed by atoms with Crippen LogP contribution in [0.15, 0.2) is 28.9 Å². The largest absolute Gasteiger partial charge is 0.376 e. The van der Waals surface area contributed by atoms with Crippen molar-refractivity contribution in [3.05, 3.63) is 34.6 Å². The van der Waals surface area contributed by atoms with Crippen molar-refractivity contribution in [2.75, 3.05) is 24.3 Å². The Hall–Kier alpha value is -1.89. The number of benzene rings is 1. The number of aromatic nitrogens is 3. The van der Waals surface area contributed by atoms with Crippen molar-refractivity contribution in [3.63, 3.8) is 0 Å². The van der Waals surface area contributed by atoms with Crippen molar-refractivity contribution in [3.8, 4) is 0 Å². The first kappa shape index (κ1) is 12.6. The zero-order valence-electron chi connectivity index (χ0n) is 9.94. The van der Waals surface area contributed by atoms with Gasteiger partial charge in [0.15, 0.2) is 5.69 Å². The van der Waals surface area contributed by atoms with Crippen LogP contribution in [0.25, 0.3) is 0 Å². The molecule has 0 saturated heterocycles. The second-order valence-electron chi connectivity index (χ2n) is 3.87. The molecule has 1 aromatic heterocycles. The molecule has 6 nitrogen and oxygen atoms in total. The van der Waals surface area contributed by atoms with Gasteiger partial charge in [0.05, 0.1) is 17.6 Å². The molecule has 0 atom stereocenters. The second-order valence-corrected chi connectivity index (χ2v) is 4.78. The third kappa shape index (κ3) is 2.67. The topological polar surface area (TPSA) is 73.9 Å². The molecule has 0 fully saturated rings. The van der Waals surface area contributed by atoms with Gasteiger partial charge in [-0.2, -0.15) is 15.4 Å². The Balaban J connectivity index is 2.28. The fourth-order valence-corrected chi connectivity index (χ4v) is 1.86. The van der Waals surface area contributed by atoms with Crippen molar-refractivity contribution in [1.29, 1.82) is 0 Å². The van der Waals surface area contributed by atoms with Gasteiger partial charge in [-0.25, -0.2) is 0 Å². The third-order valence-corrected chi connectivity index (χ3v) is 2.83. The predicted octanol–water partition coefficient (Wildman–Crippen LogP) is 1.89. The molecule has 0 radical (unpaired) electrons. The Labute approximate surface area is 113 Å². The summed E-state index contributed by atoms with van der Waals surface area (Å²) in [7, 11) is 3.82. The summed E-state index contributed by atoms with van der Waals surface area (Å²) in [4.78, 5) is 13.8. The Bertz CT molecular complexity index is 553. The molecular formula is C11H12BrN5O. The van der Waals surface area contributed by atoms with Crippen molar-refractivity contribution in [1.82, 2.24) is 15.4 Å². The molecule has 2 aromatic rings. The Kier molecular flexibility index (Phi) is 3.61. The van der Waals surface area contributed by atoms with E-state index in [-0.39, 0.29) is 11.6 Å². The molecule has 2 N–H and O–H groups in total. The van der Waals surface area contributed by atoms with Crippen LogP contribution in [0.3, 0.4) is 0 Å². The first-order valence-corrected chi connectivity index (χ1v) is 6.01. The zero-order chi connectivity index (χ0) is 13.1. The summed E-state index contributed by atoms with van der Waals surface area (Å²) in [6, 6.07) is 5.68. The Morgan fingerprint density at radius 3 is 2.83 bits per heavy atom. The van der Waals surface area contributed by atoms with E-state index in [1.165, 1.54) is 6.20 Å². The molecule has 18 heavy (non-hydrogen) atoms. The van der Waals surface area contributed by atoms with Crippen LogP contribution in [-0.4, -0.2) is 35.4 Å². The number of rotatable bonds is 3. The number of nitrogens with zero attached hydrogens (tertiary/aromatic N) is 3. The summed E-state index contributed by atoms with van der Waals surface area (Å²) < 4.78 is 0.892. The molecule has 1 amide bonds. The van der Waals surface area contributed by atoms with Gasteiger partial charge in [-0.3, -0.25) is 4.79 Å². The van der Waals surface area contributed by atoms with Crippen molar-refractivity contribution in [2.45, 2.75) is 0 Å². The average Bonchev–Trinajstić information content (AvgIpc) is 2.81. The maximum atomic E-state index is 11.9. The molecule has 0 aliphatic rings. The predicted molar refractivity (Wildman–Crippen MR) is 72.8 cm³/mol. The van der Waals surface area contributed by atoms with E-state index in [0.717, 1.165) is 10.2 Å². The maximum Gasteiger partial charge on any atom is 0.277 e. The van der Waals surface area contributed by atoms with Crippen molar-refractivity contribution < 1.29 is 4.79 Å². The normalized spacial score (nSPS) is 10.2. The molecule has 94 valence electrons. The van der Waals surface area contributed by atoms with Gasteiger partial charge >= 0.3 is 0 Å². The van der Waals surface area contributed by atoms with Gasteiger partial charge in [-0.05, 0) is 18.2 Å². The van der Waals surface area contributed by atoms with Gasteiger partial charge in [0.2, 0.25) is 0 Å². The molecule has 0 aliphatic heterocycles. The molecule has 0 unspecified atom stereocenters. The number of aromatic amines is 1. The maximum absolute atomic E-state index is 11.9. The number of halogens is 1. The van der Waals surface area contributed by atoms with Crippen LogP contribution >= 0.6 is 15.9 Å². The lowest BCUT2D eigenvalue weighted by Gasteiger charge is -2.17. The number of anilines is 2. The quantitative estimate of drug-likeness (QED) is 0.908. The SMILES string of the molecule is CN(C)c1ccc(Br)cc1NC(=O)c1cn[nH]n1. The minimum Gasteiger partial charge on any atom is -0.376 e. The van der Waals surface area contributed by atoms with Crippen LogP contribution in [0.1, 0.15) is 10.5 Å². The number of hydrogen-bond acceptors (Lipinski definition) is 4. The van der Waals surface area contributed by atoms with Gasteiger partial charge in [-0.15, -0.1) is 0 Å². The average molecular weight is 310 g/mol. The summed E-state index contributed by atoms with van der Waals surface area (Å²) in [6.07, 6.45) is 1.38. The highest BCUT2D eigenvalue weighted by atomic mass is 79.9. The lowest BCUT2D eigenvalue weighted by molar-refractivity contribution is 0.102. The lowest BCUT2D eigenvalue weighted by atomic mass is 10.2. The molecule has 0 bridgehead atoms. The van der Waals surface area contributed by atoms with E-state index >= 15 is 0 Å². The molecule has 7 heteroatoms. The van der Waals surface area contributed by atoms with Crippen molar-refractivity contribution in [2.24, 2.45) is 0 Å². The number of nitrogens with one attached hydrogen (secondary N) is 2. The third-order valence-electron chi connectivity index (χ3n) is 2.34. The van der Waals surface area contributed by atoms with Crippen LogP contribution < -0.4 is 10.2 Å². The van der Waals surface area contributed by atoms with Crippen LogP contribution in [0.4, 0.5) is 11.4 Å². The number of carbonyl (C=O) groups is 1. The summed E-state index contributed by atoms with van der Waals surface area (Å²) in [5.41, 5.74) is 1.87. The van der Waals surface area contributed by atoms with Gasteiger partial charge in [-0.1, -0.05) is 15.9 Å². The summed E-state index contributed by atoms with van der Waals surface area (Å²) in [6.45, 7) is 0. The smallest absolute Gasteiger partial charge is 0.277 e. The zero-order valence-corrected chi connectivity index (χ0v) is 11.5. The van der Waals surface area contributed by atoms with Gasteiger partial charge in [0.1, 0.15) is 0 Å². The molecular weight excluding hydrogens is 298 g/mol. The number of H-pyrrole nitrogens is 1. The molecule has 1 aromatic carbocycles. The van der Waals surface area contributed by atoms with E-state index in [0.29, 0.717) is 5.69 Å². The first-order chi connectivity index (χ1) is 8.58. The van der Waals surface area contributed by atoms with Crippen molar-refractivity contribution >= 4 is 33.2 Å². The van der Waals surface area contributed by atoms with Gasteiger partial charge < -0.3 is 10.2 Å². The standard InChI is InChI=1S/C11H12BrN5O/c1-17(2)10-4-3-7(12)5-8(10)14-11(18)9-6-13-16-15-9/h3-6H,1-2H3,(H,14,18)(H,13,15,16). The fraction of sp³-hybridized carbons (Fsp3) is 0.182. The Morgan fingerprint density at radius 2 is 2.22 bits per heavy atom. The summed E-state index contributed by atoms with van der Waals surface area (Å²) in [5.74, 6) is -0.301. The highest BCUT2D eigenvalue weighted by molar-refractivity contribution is 9.10. The molecule has 2 rings (SSSR count). The monoisotopic (exact) mass is 309 g/mol. The summed E-state index contributed by atoms with van der Waals surface area (Å²) in [5, 5.41) is 12.5. The van der Waals surface area contributed by atoms with Gasteiger partial charge in [0, 0.05) is 18.6 Å². The number of carbonyl (C=O) groups excluding carboxylic acids is 1. The van der Waals surface area contributed by atoms with E-state index in [1.54, 1.807) is 0 Å². The lowest BCUT2D eigenvalue weighted by Crippen LogP contribution is -2.17. The molecule has 1 heterocycles. The number of hydrogen-bond donors (Lipinski definition) is 2. The fourth-order valence-electron chi connectivity index (χ4n) is 1.50. The van der Waals surface area contributed by atoms with Crippen LogP contribution in [-0.2, 0) is 0 Å². The minimum atomic E-state index is -0.301. The van der Waals surface area contributed by atoms with Gasteiger partial charge in [0.25, 0.3) is 5.91 Å². The van der Waals surface area contributed by atoms with E-state index in [1.807, 2.05) is 37.2 Å². The second kappa shape index (κ2) is 5.18. The first-order valence-electron chi connectivity index (χ1n) is 5.22. The molecule has 0 aliphatic carbocycles. The van der Waals surface area contributed by atoms with E-state index in [2.05, 4.69) is 36.7 Å². The van der Waals surface area contributed by atoms with Crippen LogP contribution in [0, 0.1) is 0 Å². The van der Waals surface area contributed by atoms with E-state index < -0.39 is 0 Å². The highest BCUT2D eigenvalue weighted by Gasteiger charge is 2.12. The van der Waals surface area contributed by atoms with Crippen LogP contribution in [0.2, 0.25) is 0 Å². The molecule has 0 saturated carbocycles. The molecule has 0 spiro atoms. The van der Waals surface area contributed by atoms with Crippen LogP contribution in [0.5, 0.6) is 0 Å². The van der Waals surface area contributed by atoms with E-state index in [4.69, 9.17) is 0 Å². The Morgan fingerprint density at radius 1 is 1.44 bits per heavy atom. The number of amides is 1. The highest BCUT2D eigenvalue weighted by Crippen LogP contribution is 2.28. The minimum absolute atomic E-state index is 0.250.